The zero-order chi connectivity index (χ0) is 23.5. The highest BCUT2D eigenvalue weighted by atomic mass is 79.9. The lowest BCUT2D eigenvalue weighted by Crippen LogP contribution is -2.37. The SMILES string of the molecule is O=C(NC[C@H]1CCCN1)c1nc2nc(Nc3ccc(F)cc3)ncc2cc1-c1ccccc1Br. The molecule has 0 bridgehead atoms. The predicted molar refractivity (Wildman–Crippen MR) is 134 cm³/mol. The molecule has 1 atom stereocenters. The average Bonchev–Trinajstić information content (AvgIpc) is 3.37. The van der Waals surface area contributed by atoms with Crippen molar-refractivity contribution in [2.24, 2.45) is 0 Å². The van der Waals surface area contributed by atoms with Gasteiger partial charge < -0.3 is 16.0 Å². The van der Waals surface area contributed by atoms with Gasteiger partial charge in [0.15, 0.2) is 5.65 Å². The van der Waals surface area contributed by atoms with E-state index in [0.29, 0.717) is 40.5 Å². The van der Waals surface area contributed by atoms with E-state index in [-0.39, 0.29) is 17.8 Å². The smallest absolute Gasteiger partial charge is 0.270 e. The van der Waals surface area contributed by atoms with Crippen LogP contribution in [0.2, 0.25) is 0 Å². The number of carbonyl (C=O) groups is 1. The minimum atomic E-state index is -0.324. The lowest BCUT2D eigenvalue weighted by atomic mass is 10.0. The van der Waals surface area contributed by atoms with Crippen molar-refractivity contribution in [1.82, 2.24) is 25.6 Å². The van der Waals surface area contributed by atoms with Crippen molar-refractivity contribution in [2.75, 3.05) is 18.4 Å². The zero-order valence-electron chi connectivity index (χ0n) is 18.2. The van der Waals surface area contributed by atoms with E-state index in [1.54, 1.807) is 18.3 Å². The molecule has 3 heterocycles. The number of amides is 1. The van der Waals surface area contributed by atoms with Crippen molar-refractivity contribution in [3.8, 4) is 11.1 Å². The minimum Gasteiger partial charge on any atom is -0.349 e. The standard InChI is InChI=1S/C25H22BrFN6O/c26-21-6-2-1-5-19(21)20-12-15-13-30-25(31-17-9-7-16(27)8-10-17)33-23(15)32-22(20)24(34)29-14-18-4-3-11-28-18/h1-2,5-10,12-13,18,28H,3-4,11,14H2,(H,29,34)(H,30,31,32,33)/t18-/m1/s1. The molecular formula is C25H22BrFN6O. The number of pyridine rings is 1. The molecule has 0 radical (unpaired) electrons. The summed E-state index contributed by atoms with van der Waals surface area (Å²) >= 11 is 3.59. The zero-order valence-corrected chi connectivity index (χ0v) is 19.8. The van der Waals surface area contributed by atoms with Crippen LogP contribution in [-0.2, 0) is 0 Å². The number of aromatic nitrogens is 3. The summed E-state index contributed by atoms with van der Waals surface area (Å²) in [5.41, 5.74) is 2.88. The first-order valence-corrected chi connectivity index (χ1v) is 11.8. The lowest BCUT2D eigenvalue weighted by Gasteiger charge is -2.15. The molecule has 1 aliphatic rings. The number of hydrogen-bond donors (Lipinski definition) is 3. The van der Waals surface area contributed by atoms with E-state index >= 15 is 0 Å². The van der Waals surface area contributed by atoms with Crippen molar-refractivity contribution >= 4 is 44.5 Å². The van der Waals surface area contributed by atoms with Crippen molar-refractivity contribution in [3.63, 3.8) is 0 Å². The lowest BCUT2D eigenvalue weighted by molar-refractivity contribution is 0.0946. The van der Waals surface area contributed by atoms with Crippen molar-refractivity contribution in [1.29, 1.82) is 0 Å². The van der Waals surface area contributed by atoms with Crippen LogP contribution in [0.15, 0.2) is 65.3 Å². The molecule has 1 saturated heterocycles. The van der Waals surface area contributed by atoms with E-state index in [0.717, 1.165) is 29.4 Å². The maximum absolute atomic E-state index is 13.2. The molecule has 7 nitrogen and oxygen atoms in total. The average molecular weight is 521 g/mol. The van der Waals surface area contributed by atoms with E-state index < -0.39 is 0 Å². The first kappa shape index (κ1) is 22.4. The topological polar surface area (TPSA) is 91.8 Å². The largest absolute Gasteiger partial charge is 0.349 e. The first-order chi connectivity index (χ1) is 16.6. The Kier molecular flexibility index (Phi) is 6.46. The van der Waals surface area contributed by atoms with Crippen molar-refractivity contribution in [3.05, 3.63) is 76.8 Å². The van der Waals surface area contributed by atoms with Crippen LogP contribution in [0.3, 0.4) is 0 Å². The predicted octanol–water partition coefficient (Wildman–Crippen LogP) is 4.82. The van der Waals surface area contributed by atoms with Gasteiger partial charge in [-0.1, -0.05) is 34.1 Å². The van der Waals surface area contributed by atoms with Crippen molar-refractivity contribution < 1.29 is 9.18 Å². The van der Waals surface area contributed by atoms with Gasteiger partial charge in [0.2, 0.25) is 5.95 Å². The molecule has 5 rings (SSSR count). The van der Waals surface area contributed by atoms with Crippen LogP contribution in [0, 0.1) is 5.82 Å². The number of fused-ring (bicyclic) bond motifs is 1. The molecule has 0 unspecified atom stereocenters. The van der Waals surface area contributed by atoms with Crippen molar-refractivity contribution in [2.45, 2.75) is 18.9 Å². The fourth-order valence-corrected chi connectivity index (χ4v) is 4.47. The molecule has 1 fully saturated rings. The molecule has 3 N–H and O–H groups in total. The minimum absolute atomic E-state index is 0.256. The number of anilines is 2. The Morgan fingerprint density at radius 2 is 1.94 bits per heavy atom. The summed E-state index contributed by atoms with van der Waals surface area (Å²) in [4.78, 5) is 26.8. The number of halogens is 2. The Morgan fingerprint density at radius 3 is 2.71 bits per heavy atom. The van der Waals surface area contributed by atoms with Gasteiger partial charge >= 0.3 is 0 Å². The molecule has 9 heteroatoms. The van der Waals surface area contributed by atoms with Crippen LogP contribution in [0.4, 0.5) is 16.0 Å². The molecule has 1 amide bonds. The van der Waals surface area contributed by atoms with Gasteiger partial charge in [-0.2, -0.15) is 4.98 Å². The maximum atomic E-state index is 13.2. The molecule has 1 aliphatic heterocycles. The molecule has 4 aromatic rings. The van der Waals surface area contributed by atoms with E-state index in [4.69, 9.17) is 0 Å². The van der Waals surface area contributed by atoms with Crippen LogP contribution in [0.1, 0.15) is 23.3 Å². The van der Waals surface area contributed by atoms with Gasteiger partial charge in [0.25, 0.3) is 5.91 Å². The van der Waals surface area contributed by atoms with Gasteiger partial charge in [-0.05, 0) is 61.3 Å². The molecule has 34 heavy (non-hydrogen) atoms. The monoisotopic (exact) mass is 520 g/mol. The second kappa shape index (κ2) is 9.82. The third-order valence-electron chi connectivity index (χ3n) is 5.72. The second-order valence-corrected chi connectivity index (χ2v) is 8.96. The number of rotatable bonds is 6. The van der Waals surface area contributed by atoms with Crippen LogP contribution >= 0.6 is 15.9 Å². The number of nitrogens with one attached hydrogen (secondary N) is 3. The summed E-state index contributed by atoms with van der Waals surface area (Å²) in [5, 5.41) is 10.2. The molecule has 0 aliphatic carbocycles. The van der Waals surface area contributed by atoms with Gasteiger partial charge in [-0.15, -0.1) is 0 Å². The number of benzene rings is 2. The summed E-state index contributed by atoms with van der Waals surface area (Å²) in [6.07, 6.45) is 3.80. The summed E-state index contributed by atoms with van der Waals surface area (Å²) < 4.78 is 14.1. The molecular weight excluding hydrogens is 499 g/mol. The highest BCUT2D eigenvalue weighted by Gasteiger charge is 2.21. The third-order valence-corrected chi connectivity index (χ3v) is 6.41. The molecule has 2 aromatic heterocycles. The second-order valence-electron chi connectivity index (χ2n) is 8.11. The molecule has 172 valence electrons. The highest BCUT2D eigenvalue weighted by molar-refractivity contribution is 9.10. The first-order valence-electron chi connectivity index (χ1n) is 11.0. The van der Waals surface area contributed by atoms with Crippen LogP contribution in [0.5, 0.6) is 0 Å². The Labute approximate surface area is 204 Å². The fraction of sp³-hybridized carbons (Fsp3) is 0.200. The molecule has 0 saturated carbocycles. The number of carbonyl (C=O) groups excluding carboxylic acids is 1. The van der Waals surface area contributed by atoms with Gasteiger partial charge in [0.05, 0.1) is 0 Å². The summed E-state index contributed by atoms with van der Waals surface area (Å²) in [5.74, 6) is -0.274. The maximum Gasteiger partial charge on any atom is 0.270 e. The van der Waals surface area contributed by atoms with Gasteiger partial charge in [-0.25, -0.2) is 14.4 Å². The number of nitrogens with zero attached hydrogens (tertiary/aromatic N) is 3. The normalized spacial score (nSPS) is 15.4. The molecule has 2 aromatic carbocycles. The highest BCUT2D eigenvalue weighted by Crippen LogP contribution is 2.32. The van der Waals surface area contributed by atoms with Crippen LogP contribution in [-0.4, -0.2) is 40.0 Å². The Morgan fingerprint density at radius 1 is 1.12 bits per heavy atom. The van der Waals surface area contributed by atoms with Crippen LogP contribution in [0.25, 0.3) is 22.2 Å². The van der Waals surface area contributed by atoms with E-state index in [1.807, 2.05) is 30.3 Å². The van der Waals surface area contributed by atoms with E-state index in [1.165, 1.54) is 12.1 Å². The fourth-order valence-electron chi connectivity index (χ4n) is 3.97. The number of hydrogen-bond acceptors (Lipinski definition) is 6. The Hall–Kier alpha value is -3.43. The van der Waals surface area contributed by atoms with E-state index in [9.17, 15) is 9.18 Å². The van der Waals surface area contributed by atoms with E-state index in [2.05, 4.69) is 46.8 Å². The van der Waals surface area contributed by atoms with Gasteiger partial charge in [0, 0.05) is 39.9 Å². The Balaban J connectivity index is 1.52. The molecule has 0 spiro atoms. The van der Waals surface area contributed by atoms with Gasteiger partial charge in [-0.3, -0.25) is 4.79 Å². The summed E-state index contributed by atoms with van der Waals surface area (Å²) in [7, 11) is 0. The Bertz CT molecular complexity index is 1340. The summed E-state index contributed by atoms with van der Waals surface area (Å²) in [6.45, 7) is 1.51. The summed E-state index contributed by atoms with van der Waals surface area (Å²) in [6, 6.07) is 15.8. The third kappa shape index (κ3) is 4.90. The quantitative estimate of drug-likeness (QED) is 0.337. The van der Waals surface area contributed by atoms with Crippen LogP contribution < -0.4 is 16.0 Å². The van der Waals surface area contributed by atoms with Gasteiger partial charge in [0.1, 0.15) is 11.5 Å².